The number of carbonyl (C=O) groups is 1. The van der Waals surface area contributed by atoms with Gasteiger partial charge in [0, 0.05) is 16.1 Å². The second-order valence-corrected chi connectivity index (χ2v) is 7.21. The number of imidazole rings is 1. The number of halogens is 1. The van der Waals surface area contributed by atoms with Crippen molar-refractivity contribution in [2.75, 3.05) is 6.26 Å². The minimum Gasteiger partial charge on any atom is -0.338 e. The Morgan fingerprint density at radius 2 is 1.87 bits per heavy atom. The molecule has 0 saturated heterocycles. The normalized spacial score (nSPS) is 11.6. The van der Waals surface area contributed by atoms with E-state index in [4.69, 9.17) is 11.6 Å². The largest absolute Gasteiger partial charge is 0.338 e. The van der Waals surface area contributed by atoms with Crippen LogP contribution in [-0.2, 0) is 10.0 Å². The molecule has 0 atom stereocenters. The Morgan fingerprint density at radius 3 is 2.52 bits per heavy atom. The van der Waals surface area contributed by atoms with Crippen molar-refractivity contribution in [3.8, 4) is 11.4 Å². The highest BCUT2D eigenvalue weighted by molar-refractivity contribution is 7.89. The first-order valence-electron chi connectivity index (χ1n) is 6.60. The van der Waals surface area contributed by atoms with Crippen LogP contribution in [0.15, 0.2) is 42.5 Å². The van der Waals surface area contributed by atoms with E-state index in [1.165, 1.54) is 6.07 Å². The maximum Gasteiger partial charge on any atom is 0.264 e. The summed E-state index contributed by atoms with van der Waals surface area (Å²) >= 11 is 5.86. The molecule has 3 aromatic rings. The minimum absolute atomic E-state index is 0.231. The molecule has 2 aromatic carbocycles. The van der Waals surface area contributed by atoms with E-state index in [2.05, 4.69) is 9.97 Å². The van der Waals surface area contributed by atoms with Gasteiger partial charge in [-0.3, -0.25) is 4.79 Å². The summed E-state index contributed by atoms with van der Waals surface area (Å²) in [6.45, 7) is 0. The van der Waals surface area contributed by atoms with Crippen LogP contribution in [0.2, 0.25) is 5.02 Å². The van der Waals surface area contributed by atoms with Crippen LogP contribution in [0.25, 0.3) is 22.4 Å². The molecule has 1 heterocycles. The number of hydrogen-bond acceptors (Lipinski definition) is 4. The summed E-state index contributed by atoms with van der Waals surface area (Å²) in [5, 5.41) is 0.629. The molecule has 0 unspecified atom stereocenters. The van der Waals surface area contributed by atoms with Gasteiger partial charge in [0.25, 0.3) is 5.91 Å². The molecule has 23 heavy (non-hydrogen) atoms. The number of sulfonamides is 1. The summed E-state index contributed by atoms with van der Waals surface area (Å²) in [5.41, 5.74) is 2.39. The Labute approximate surface area is 137 Å². The van der Waals surface area contributed by atoms with Crippen molar-refractivity contribution in [1.82, 2.24) is 14.7 Å². The van der Waals surface area contributed by atoms with Crippen molar-refractivity contribution in [2.24, 2.45) is 0 Å². The van der Waals surface area contributed by atoms with Gasteiger partial charge in [-0.1, -0.05) is 11.6 Å². The van der Waals surface area contributed by atoms with E-state index in [-0.39, 0.29) is 5.56 Å². The molecule has 0 fully saturated rings. The van der Waals surface area contributed by atoms with E-state index in [9.17, 15) is 13.2 Å². The predicted octanol–water partition coefficient (Wildman–Crippen LogP) is 2.57. The number of hydrogen-bond donors (Lipinski definition) is 2. The molecule has 6 nitrogen and oxygen atoms in total. The van der Waals surface area contributed by atoms with E-state index in [1.54, 1.807) is 24.3 Å². The van der Waals surface area contributed by atoms with Crippen LogP contribution in [0.4, 0.5) is 0 Å². The quantitative estimate of drug-likeness (QED) is 0.760. The molecule has 1 amide bonds. The van der Waals surface area contributed by atoms with Crippen molar-refractivity contribution in [2.45, 2.75) is 0 Å². The van der Waals surface area contributed by atoms with E-state index in [0.29, 0.717) is 21.9 Å². The highest BCUT2D eigenvalue weighted by Gasteiger charge is 2.13. The number of benzene rings is 2. The standard InChI is InChI=1S/C15H12ClN3O3S/c1-23(21,22)19-15(20)10-4-7-12-13(8-10)18-14(17-12)9-2-5-11(16)6-3-9/h2-8H,1H3,(H,17,18)(H,19,20). The Balaban J connectivity index is 1.98. The van der Waals surface area contributed by atoms with Gasteiger partial charge in [-0.2, -0.15) is 0 Å². The molecular weight excluding hydrogens is 338 g/mol. The number of carbonyl (C=O) groups excluding carboxylic acids is 1. The van der Waals surface area contributed by atoms with Gasteiger partial charge in [-0.05, 0) is 42.5 Å². The zero-order valence-electron chi connectivity index (χ0n) is 12.0. The molecule has 0 bridgehead atoms. The van der Waals surface area contributed by atoms with E-state index >= 15 is 0 Å². The first-order valence-corrected chi connectivity index (χ1v) is 8.86. The third-order valence-corrected chi connectivity index (χ3v) is 3.95. The van der Waals surface area contributed by atoms with Gasteiger partial charge in [0.1, 0.15) is 5.82 Å². The monoisotopic (exact) mass is 349 g/mol. The summed E-state index contributed by atoms with van der Waals surface area (Å²) in [6.07, 6.45) is 0.929. The molecule has 118 valence electrons. The Kier molecular flexibility index (Phi) is 3.83. The fraction of sp³-hybridized carbons (Fsp3) is 0.0667. The van der Waals surface area contributed by atoms with Crippen LogP contribution in [0.5, 0.6) is 0 Å². The number of aromatic nitrogens is 2. The SMILES string of the molecule is CS(=O)(=O)NC(=O)c1ccc2nc(-c3ccc(Cl)cc3)[nH]c2c1. The zero-order valence-corrected chi connectivity index (χ0v) is 13.6. The molecule has 0 aliphatic carbocycles. The maximum atomic E-state index is 11.9. The molecule has 0 aliphatic heterocycles. The fourth-order valence-corrected chi connectivity index (χ4v) is 2.70. The third kappa shape index (κ3) is 3.52. The second-order valence-electron chi connectivity index (χ2n) is 5.03. The number of rotatable bonds is 3. The Bertz CT molecular complexity index is 994. The van der Waals surface area contributed by atoms with Crippen LogP contribution in [0.3, 0.4) is 0 Å². The molecule has 3 rings (SSSR count). The van der Waals surface area contributed by atoms with Gasteiger partial charge in [0.05, 0.1) is 17.3 Å². The molecular formula is C15H12ClN3O3S. The maximum absolute atomic E-state index is 11.9. The van der Waals surface area contributed by atoms with Gasteiger partial charge in [-0.15, -0.1) is 0 Å². The van der Waals surface area contributed by atoms with Crippen molar-refractivity contribution in [3.63, 3.8) is 0 Å². The van der Waals surface area contributed by atoms with Crippen LogP contribution in [-0.4, -0.2) is 30.5 Å². The molecule has 0 aliphatic rings. The lowest BCUT2D eigenvalue weighted by atomic mass is 10.2. The van der Waals surface area contributed by atoms with Gasteiger partial charge in [0.2, 0.25) is 10.0 Å². The zero-order chi connectivity index (χ0) is 16.6. The van der Waals surface area contributed by atoms with Crippen LogP contribution >= 0.6 is 11.6 Å². The number of H-pyrrole nitrogens is 1. The summed E-state index contributed by atoms with van der Waals surface area (Å²) < 4.78 is 24.2. The van der Waals surface area contributed by atoms with Gasteiger partial charge >= 0.3 is 0 Å². The van der Waals surface area contributed by atoms with Crippen molar-refractivity contribution in [3.05, 3.63) is 53.1 Å². The van der Waals surface area contributed by atoms with Crippen LogP contribution in [0, 0.1) is 0 Å². The van der Waals surface area contributed by atoms with E-state index in [1.807, 2.05) is 16.9 Å². The fourth-order valence-electron chi connectivity index (χ4n) is 2.12. The molecule has 0 spiro atoms. The average molecular weight is 350 g/mol. The Morgan fingerprint density at radius 1 is 1.17 bits per heavy atom. The summed E-state index contributed by atoms with van der Waals surface area (Å²) in [5.74, 6) is -0.0469. The van der Waals surface area contributed by atoms with Crippen LogP contribution < -0.4 is 4.72 Å². The summed E-state index contributed by atoms with van der Waals surface area (Å²) in [6, 6.07) is 11.9. The lowest BCUT2D eigenvalue weighted by molar-refractivity contribution is 0.0982. The molecule has 0 radical (unpaired) electrons. The number of fused-ring (bicyclic) bond motifs is 1. The highest BCUT2D eigenvalue weighted by Crippen LogP contribution is 2.22. The van der Waals surface area contributed by atoms with Crippen molar-refractivity contribution < 1.29 is 13.2 Å². The third-order valence-electron chi connectivity index (χ3n) is 3.14. The molecule has 1 aromatic heterocycles. The number of nitrogens with one attached hydrogen (secondary N) is 2. The highest BCUT2D eigenvalue weighted by atomic mass is 35.5. The van der Waals surface area contributed by atoms with E-state index < -0.39 is 15.9 Å². The first kappa shape index (κ1) is 15.5. The summed E-state index contributed by atoms with van der Waals surface area (Å²) in [4.78, 5) is 19.4. The minimum atomic E-state index is -3.60. The average Bonchev–Trinajstić information content (AvgIpc) is 2.89. The topological polar surface area (TPSA) is 91.9 Å². The first-order chi connectivity index (χ1) is 10.8. The molecule has 8 heteroatoms. The van der Waals surface area contributed by atoms with E-state index in [0.717, 1.165) is 11.8 Å². The number of nitrogens with zero attached hydrogens (tertiary/aromatic N) is 1. The van der Waals surface area contributed by atoms with Crippen molar-refractivity contribution >= 4 is 38.6 Å². The van der Waals surface area contributed by atoms with Gasteiger partial charge in [-0.25, -0.2) is 18.1 Å². The number of aromatic amines is 1. The number of amides is 1. The smallest absolute Gasteiger partial charge is 0.264 e. The lowest BCUT2D eigenvalue weighted by Gasteiger charge is -2.02. The van der Waals surface area contributed by atoms with Gasteiger partial charge in [0.15, 0.2) is 0 Å². The van der Waals surface area contributed by atoms with Crippen LogP contribution in [0.1, 0.15) is 10.4 Å². The lowest BCUT2D eigenvalue weighted by Crippen LogP contribution is -2.29. The van der Waals surface area contributed by atoms with Gasteiger partial charge < -0.3 is 4.98 Å². The molecule has 0 saturated carbocycles. The molecule has 2 N–H and O–H groups in total. The van der Waals surface area contributed by atoms with Crippen molar-refractivity contribution in [1.29, 1.82) is 0 Å². The Hall–Kier alpha value is -2.38. The summed E-state index contributed by atoms with van der Waals surface area (Å²) in [7, 11) is -3.60. The predicted molar refractivity (Wildman–Crippen MR) is 88.8 cm³/mol. The second kappa shape index (κ2) is 5.68.